The normalized spacial score (nSPS) is 23.0. The number of esters is 4. The van der Waals surface area contributed by atoms with Crippen LogP contribution in [0.25, 0.3) is 10.8 Å². The SMILES string of the molecule is CC(=O)OC[C@H]1O[C@@H](OC(C)=O)[C@@H](NC(=O)Cc2cccc3ccccc23)[C@@H](OC(C)=O)[C@H]1OC(C)=O. The molecule has 37 heavy (non-hydrogen) atoms. The van der Waals surface area contributed by atoms with Crippen molar-refractivity contribution in [1.82, 2.24) is 5.32 Å². The van der Waals surface area contributed by atoms with Gasteiger partial charge in [-0.05, 0) is 16.3 Å². The first-order chi connectivity index (χ1) is 17.5. The van der Waals surface area contributed by atoms with Gasteiger partial charge in [0.25, 0.3) is 0 Å². The van der Waals surface area contributed by atoms with E-state index in [0.29, 0.717) is 0 Å². The lowest BCUT2D eigenvalue weighted by molar-refractivity contribution is -0.271. The Bertz CT molecular complexity index is 1170. The maximum absolute atomic E-state index is 13.2. The van der Waals surface area contributed by atoms with Gasteiger partial charge in [-0.3, -0.25) is 24.0 Å². The van der Waals surface area contributed by atoms with Crippen LogP contribution >= 0.6 is 0 Å². The first kappa shape index (κ1) is 27.6. The summed E-state index contributed by atoms with van der Waals surface area (Å²) in [7, 11) is 0. The topological polar surface area (TPSA) is 144 Å². The number of amides is 1. The van der Waals surface area contributed by atoms with Crippen LogP contribution < -0.4 is 5.32 Å². The first-order valence-electron chi connectivity index (χ1n) is 11.6. The van der Waals surface area contributed by atoms with E-state index in [1.807, 2.05) is 42.5 Å². The molecule has 0 radical (unpaired) electrons. The zero-order chi connectivity index (χ0) is 27.1. The van der Waals surface area contributed by atoms with E-state index in [1.165, 1.54) is 6.92 Å². The summed E-state index contributed by atoms with van der Waals surface area (Å²) >= 11 is 0. The Morgan fingerprint density at radius 2 is 1.41 bits per heavy atom. The first-order valence-corrected chi connectivity index (χ1v) is 11.6. The lowest BCUT2D eigenvalue weighted by Crippen LogP contribution is -2.67. The Balaban J connectivity index is 1.93. The van der Waals surface area contributed by atoms with E-state index in [4.69, 9.17) is 23.7 Å². The molecule has 198 valence electrons. The molecule has 11 heteroatoms. The number of nitrogens with one attached hydrogen (secondary N) is 1. The molecule has 2 aromatic rings. The van der Waals surface area contributed by atoms with Crippen molar-refractivity contribution in [1.29, 1.82) is 0 Å². The molecule has 5 atom stereocenters. The summed E-state index contributed by atoms with van der Waals surface area (Å²) in [6, 6.07) is 11.9. The molecule has 1 heterocycles. The number of hydrogen-bond acceptors (Lipinski definition) is 10. The van der Waals surface area contributed by atoms with Crippen molar-refractivity contribution >= 4 is 40.6 Å². The third-order valence-electron chi connectivity index (χ3n) is 5.54. The van der Waals surface area contributed by atoms with Crippen LogP contribution in [0.5, 0.6) is 0 Å². The summed E-state index contributed by atoms with van der Waals surface area (Å²) in [5.74, 6) is -3.34. The molecule has 1 fully saturated rings. The third kappa shape index (κ3) is 7.50. The van der Waals surface area contributed by atoms with E-state index in [-0.39, 0.29) is 13.0 Å². The molecule has 1 N–H and O–H groups in total. The van der Waals surface area contributed by atoms with Crippen LogP contribution in [0.15, 0.2) is 42.5 Å². The smallest absolute Gasteiger partial charge is 0.305 e. The maximum Gasteiger partial charge on any atom is 0.305 e. The van der Waals surface area contributed by atoms with Crippen LogP contribution in [-0.4, -0.2) is 67.0 Å². The lowest BCUT2D eigenvalue weighted by Gasteiger charge is -2.44. The summed E-state index contributed by atoms with van der Waals surface area (Å²) < 4.78 is 26.9. The van der Waals surface area contributed by atoms with Crippen LogP contribution in [0.2, 0.25) is 0 Å². The van der Waals surface area contributed by atoms with E-state index in [9.17, 15) is 24.0 Å². The predicted octanol–water partition coefficient (Wildman–Crippen LogP) is 1.58. The number of fused-ring (bicyclic) bond motifs is 1. The number of rotatable bonds is 8. The quantitative estimate of drug-likeness (QED) is 0.406. The lowest BCUT2D eigenvalue weighted by atomic mass is 9.95. The molecule has 11 nitrogen and oxygen atoms in total. The number of carbonyl (C=O) groups is 5. The summed E-state index contributed by atoms with van der Waals surface area (Å²) in [4.78, 5) is 60.3. The fourth-order valence-corrected chi connectivity index (χ4v) is 4.18. The van der Waals surface area contributed by atoms with Gasteiger partial charge >= 0.3 is 23.9 Å². The molecule has 1 aliphatic heterocycles. The van der Waals surface area contributed by atoms with Crippen molar-refractivity contribution in [2.45, 2.75) is 64.8 Å². The Kier molecular flexibility index (Phi) is 9.18. The molecule has 0 unspecified atom stereocenters. The minimum absolute atomic E-state index is 0.0491. The molecule has 0 aliphatic carbocycles. The van der Waals surface area contributed by atoms with Gasteiger partial charge in [0.1, 0.15) is 18.8 Å². The van der Waals surface area contributed by atoms with Crippen molar-refractivity contribution in [3.63, 3.8) is 0 Å². The molecular weight excluding hydrogens is 486 g/mol. The molecule has 0 spiro atoms. The largest absolute Gasteiger partial charge is 0.463 e. The van der Waals surface area contributed by atoms with Crippen molar-refractivity contribution < 1.29 is 47.7 Å². The molecule has 0 aromatic heterocycles. The zero-order valence-electron chi connectivity index (χ0n) is 20.9. The van der Waals surface area contributed by atoms with Gasteiger partial charge in [-0.15, -0.1) is 0 Å². The van der Waals surface area contributed by atoms with Crippen LogP contribution in [0.1, 0.15) is 33.3 Å². The number of benzene rings is 2. The summed E-state index contributed by atoms with van der Waals surface area (Å²) in [5, 5.41) is 4.55. The Morgan fingerprint density at radius 3 is 2.05 bits per heavy atom. The Hall–Kier alpha value is -3.99. The second-order valence-corrected chi connectivity index (χ2v) is 8.51. The number of ether oxygens (including phenoxy) is 5. The highest BCUT2D eigenvalue weighted by atomic mass is 16.7. The van der Waals surface area contributed by atoms with Crippen molar-refractivity contribution in [3.05, 3.63) is 48.0 Å². The van der Waals surface area contributed by atoms with E-state index in [2.05, 4.69) is 5.32 Å². The second-order valence-electron chi connectivity index (χ2n) is 8.51. The van der Waals surface area contributed by atoms with Crippen LogP contribution in [-0.2, 0) is 54.1 Å². The average molecular weight is 516 g/mol. The minimum Gasteiger partial charge on any atom is -0.463 e. The highest BCUT2D eigenvalue weighted by molar-refractivity contribution is 5.90. The number of carbonyl (C=O) groups excluding carboxylic acids is 5. The second kappa shape index (κ2) is 12.3. The summed E-state index contributed by atoms with van der Waals surface area (Å²) in [5.41, 5.74) is 0.740. The molecule has 3 rings (SSSR count). The van der Waals surface area contributed by atoms with Gasteiger partial charge in [0, 0.05) is 27.7 Å². The van der Waals surface area contributed by atoms with Gasteiger partial charge in [0.05, 0.1) is 6.42 Å². The van der Waals surface area contributed by atoms with E-state index < -0.39 is 60.4 Å². The van der Waals surface area contributed by atoms with Crippen LogP contribution in [0.4, 0.5) is 0 Å². The molecule has 2 aromatic carbocycles. The fourth-order valence-electron chi connectivity index (χ4n) is 4.18. The van der Waals surface area contributed by atoms with Crippen molar-refractivity contribution in [3.8, 4) is 0 Å². The van der Waals surface area contributed by atoms with E-state index in [0.717, 1.165) is 37.1 Å². The molecule has 1 amide bonds. The minimum atomic E-state index is -1.44. The van der Waals surface area contributed by atoms with Gasteiger partial charge in [-0.2, -0.15) is 0 Å². The monoisotopic (exact) mass is 515 g/mol. The molecule has 1 saturated heterocycles. The predicted molar refractivity (Wildman–Crippen MR) is 128 cm³/mol. The van der Waals surface area contributed by atoms with Gasteiger partial charge < -0.3 is 29.0 Å². The van der Waals surface area contributed by atoms with Crippen molar-refractivity contribution in [2.75, 3.05) is 6.61 Å². The van der Waals surface area contributed by atoms with E-state index in [1.54, 1.807) is 0 Å². The Morgan fingerprint density at radius 1 is 0.784 bits per heavy atom. The zero-order valence-corrected chi connectivity index (χ0v) is 20.9. The number of hydrogen-bond donors (Lipinski definition) is 1. The highest BCUT2D eigenvalue weighted by Gasteiger charge is 2.52. The average Bonchev–Trinajstić information content (AvgIpc) is 2.81. The maximum atomic E-state index is 13.2. The molecular formula is C26H29NO10. The standard InChI is InChI=1S/C26H29NO10/c1-14(28)33-13-21-24(34-15(2)29)25(35-16(3)30)23(26(37-21)36-17(4)31)27-22(32)12-19-10-7-9-18-8-5-6-11-20(18)19/h5-11,21,23-26H,12-13H2,1-4H3,(H,27,32)/t21-,23+,24+,25-,26-/m1/s1. The van der Waals surface area contributed by atoms with Gasteiger partial charge in [-0.25, -0.2) is 0 Å². The fraction of sp³-hybridized carbons (Fsp3) is 0.423. The summed E-state index contributed by atoms with van der Waals surface area (Å²) in [6.07, 6.45) is -5.25. The molecule has 1 aliphatic rings. The summed E-state index contributed by atoms with van der Waals surface area (Å²) in [6.45, 7) is 4.20. The van der Waals surface area contributed by atoms with Gasteiger partial charge in [0.2, 0.25) is 12.2 Å². The molecule has 0 saturated carbocycles. The van der Waals surface area contributed by atoms with Crippen LogP contribution in [0, 0.1) is 0 Å². The Labute approximate surface area is 213 Å². The van der Waals surface area contributed by atoms with Crippen molar-refractivity contribution in [2.24, 2.45) is 0 Å². The molecule has 0 bridgehead atoms. The highest BCUT2D eigenvalue weighted by Crippen LogP contribution is 2.28. The van der Waals surface area contributed by atoms with Gasteiger partial charge in [-0.1, -0.05) is 42.5 Å². The van der Waals surface area contributed by atoms with Gasteiger partial charge in [0.15, 0.2) is 12.2 Å². The van der Waals surface area contributed by atoms with Crippen LogP contribution in [0.3, 0.4) is 0 Å². The van der Waals surface area contributed by atoms with E-state index >= 15 is 0 Å². The third-order valence-corrected chi connectivity index (χ3v) is 5.54.